The van der Waals surface area contributed by atoms with Crippen LogP contribution >= 0.6 is 0 Å². The number of fused-ring (bicyclic) bond motifs is 1. The standard InChI is InChI=1S/C21H19FN2O2/c22-20-19(8-5-16-2-1-11-23-21(16)20)15-3-6-17(7-4-15)26-18-9-12-24(14-25)13-10-18/h1-8,11,14,18H,9-10,12-13H2. The van der Waals surface area contributed by atoms with Crippen LogP contribution in [0.25, 0.3) is 22.0 Å². The number of amides is 1. The van der Waals surface area contributed by atoms with Crippen LogP contribution in [0, 0.1) is 5.82 Å². The Morgan fingerprint density at radius 2 is 1.85 bits per heavy atom. The van der Waals surface area contributed by atoms with Gasteiger partial charge in [0, 0.05) is 43.1 Å². The minimum atomic E-state index is -0.307. The van der Waals surface area contributed by atoms with Gasteiger partial charge in [-0.05, 0) is 23.8 Å². The summed E-state index contributed by atoms with van der Waals surface area (Å²) < 4.78 is 20.8. The highest BCUT2D eigenvalue weighted by Gasteiger charge is 2.19. The van der Waals surface area contributed by atoms with Crippen molar-refractivity contribution in [1.82, 2.24) is 9.88 Å². The highest BCUT2D eigenvalue weighted by Crippen LogP contribution is 2.29. The van der Waals surface area contributed by atoms with Crippen LogP contribution in [0.15, 0.2) is 54.7 Å². The Labute approximate surface area is 151 Å². The molecule has 1 amide bonds. The first-order valence-electron chi connectivity index (χ1n) is 8.74. The maximum Gasteiger partial charge on any atom is 0.209 e. The Hall–Kier alpha value is -2.95. The summed E-state index contributed by atoms with van der Waals surface area (Å²) in [5.74, 6) is 0.454. The van der Waals surface area contributed by atoms with Crippen LogP contribution in [0.3, 0.4) is 0 Å². The molecule has 132 valence electrons. The fraction of sp³-hybridized carbons (Fsp3) is 0.238. The monoisotopic (exact) mass is 350 g/mol. The molecule has 0 bridgehead atoms. The molecule has 0 radical (unpaired) electrons. The predicted octanol–water partition coefficient (Wildman–Crippen LogP) is 4.04. The van der Waals surface area contributed by atoms with Gasteiger partial charge in [-0.15, -0.1) is 0 Å². The van der Waals surface area contributed by atoms with Crippen LogP contribution in [-0.2, 0) is 4.79 Å². The number of pyridine rings is 1. The molecule has 4 nitrogen and oxygen atoms in total. The topological polar surface area (TPSA) is 42.4 Å². The number of rotatable bonds is 4. The number of nitrogens with zero attached hydrogens (tertiary/aromatic N) is 2. The van der Waals surface area contributed by atoms with E-state index in [-0.39, 0.29) is 11.9 Å². The highest BCUT2D eigenvalue weighted by molar-refractivity contribution is 5.85. The maximum atomic E-state index is 14.8. The molecule has 1 aliphatic rings. The summed E-state index contributed by atoms with van der Waals surface area (Å²) >= 11 is 0. The summed E-state index contributed by atoms with van der Waals surface area (Å²) in [6.45, 7) is 1.45. The number of carbonyl (C=O) groups excluding carboxylic acids is 1. The molecule has 26 heavy (non-hydrogen) atoms. The molecule has 1 saturated heterocycles. The smallest absolute Gasteiger partial charge is 0.209 e. The Balaban J connectivity index is 1.51. The molecule has 5 heteroatoms. The molecule has 2 aromatic carbocycles. The summed E-state index contributed by atoms with van der Waals surface area (Å²) in [6.07, 6.45) is 4.25. The molecule has 2 heterocycles. The van der Waals surface area contributed by atoms with Crippen molar-refractivity contribution in [2.45, 2.75) is 18.9 Å². The minimum absolute atomic E-state index is 0.110. The molecule has 0 saturated carbocycles. The average molecular weight is 350 g/mol. The van der Waals surface area contributed by atoms with Gasteiger partial charge in [0.05, 0.1) is 0 Å². The lowest BCUT2D eigenvalue weighted by Gasteiger charge is -2.29. The number of piperidine rings is 1. The van der Waals surface area contributed by atoms with E-state index < -0.39 is 0 Å². The lowest BCUT2D eigenvalue weighted by molar-refractivity contribution is -0.119. The van der Waals surface area contributed by atoms with Crippen LogP contribution in [0.5, 0.6) is 5.75 Å². The molecule has 1 fully saturated rings. The second kappa shape index (κ2) is 7.12. The van der Waals surface area contributed by atoms with Crippen molar-refractivity contribution >= 4 is 17.3 Å². The van der Waals surface area contributed by atoms with Crippen molar-refractivity contribution in [3.63, 3.8) is 0 Å². The number of aromatic nitrogens is 1. The number of hydrogen-bond donors (Lipinski definition) is 0. The van der Waals surface area contributed by atoms with E-state index in [9.17, 15) is 9.18 Å². The van der Waals surface area contributed by atoms with Crippen LogP contribution in [0.4, 0.5) is 4.39 Å². The summed E-state index contributed by atoms with van der Waals surface area (Å²) in [6, 6.07) is 14.8. The van der Waals surface area contributed by atoms with Crippen molar-refractivity contribution in [2.75, 3.05) is 13.1 Å². The minimum Gasteiger partial charge on any atom is -0.490 e. The second-order valence-electron chi connectivity index (χ2n) is 6.49. The Morgan fingerprint density at radius 3 is 2.58 bits per heavy atom. The van der Waals surface area contributed by atoms with Crippen molar-refractivity contribution < 1.29 is 13.9 Å². The van der Waals surface area contributed by atoms with E-state index in [1.807, 2.05) is 36.4 Å². The molecule has 1 aromatic heterocycles. The molecule has 0 spiro atoms. The van der Waals surface area contributed by atoms with Crippen molar-refractivity contribution in [3.8, 4) is 16.9 Å². The van der Waals surface area contributed by atoms with Crippen LogP contribution < -0.4 is 4.74 Å². The van der Waals surface area contributed by atoms with Gasteiger partial charge in [0.2, 0.25) is 6.41 Å². The quantitative estimate of drug-likeness (QED) is 0.667. The summed E-state index contributed by atoms with van der Waals surface area (Å²) in [5.41, 5.74) is 1.70. The fourth-order valence-corrected chi connectivity index (χ4v) is 3.34. The van der Waals surface area contributed by atoms with Crippen molar-refractivity contribution in [2.24, 2.45) is 0 Å². The number of benzene rings is 2. The number of ether oxygens (including phenoxy) is 1. The van der Waals surface area contributed by atoms with Gasteiger partial charge in [-0.25, -0.2) is 4.39 Å². The molecule has 4 rings (SSSR count). The van der Waals surface area contributed by atoms with Crippen molar-refractivity contribution in [3.05, 3.63) is 60.5 Å². The van der Waals surface area contributed by atoms with Crippen LogP contribution in [-0.4, -0.2) is 35.5 Å². The summed E-state index contributed by atoms with van der Waals surface area (Å²) in [7, 11) is 0. The van der Waals surface area contributed by atoms with Gasteiger partial charge in [-0.1, -0.05) is 30.3 Å². The summed E-state index contributed by atoms with van der Waals surface area (Å²) in [4.78, 5) is 16.7. The Bertz CT molecular complexity index is 919. The first kappa shape index (κ1) is 16.5. The highest BCUT2D eigenvalue weighted by atomic mass is 19.1. The summed E-state index contributed by atoms with van der Waals surface area (Å²) in [5, 5.41) is 0.787. The van der Waals surface area contributed by atoms with E-state index in [2.05, 4.69) is 4.98 Å². The third-order valence-electron chi connectivity index (χ3n) is 4.81. The molecular formula is C21H19FN2O2. The van der Waals surface area contributed by atoms with Gasteiger partial charge in [0.1, 0.15) is 17.4 Å². The molecule has 0 atom stereocenters. The van der Waals surface area contributed by atoms with Gasteiger partial charge in [-0.2, -0.15) is 0 Å². The number of hydrogen-bond acceptors (Lipinski definition) is 3. The van der Waals surface area contributed by atoms with E-state index in [1.54, 1.807) is 23.2 Å². The normalized spacial score (nSPS) is 15.2. The zero-order valence-electron chi connectivity index (χ0n) is 14.3. The van der Waals surface area contributed by atoms with Gasteiger partial charge >= 0.3 is 0 Å². The first-order chi connectivity index (χ1) is 12.7. The van der Waals surface area contributed by atoms with Gasteiger partial charge in [0.15, 0.2) is 5.82 Å². The number of carbonyl (C=O) groups is 1. The predicted molar refractivity (Wildman–Crippen MR) is 98.4 cm³/mol. The van der Waals surface area contributed by atoms with Gasteiger partial charge < -0.3 is 9.64 Å². The van der Waals surface area contributed by atoms with E-state index in [0.717, 1.165) is 49.0 Å². The fourth-order valence-electron chi connectivity index (χ4n) is 3.34. The lowest BCUT2D eigenvalue weighted by Crippen LogP contribution is -2.37. The molecule has 3 aromatic rings. The maximum absolute atomic E-state index is 14.8. The molecule has 0 N–H and O–H groups in total. The Kier molecular flexibility index (Phi) is 4.52. The van der Waals surface area contributed by atoms with E-state index in [0.29, 0.717) is 11.1 Å². The molecular weight excluding hydrogens is 331 g/mol. The number of halogens is 1. The van der Waals surface area contributed by atoms with Gasteiger partial charge in [0.25, 0.3) is 0 Å². The van der Waals surface area contributed by atoms with Crippen molar-refractivity contribution in [1.29, 1.82) is 0 Å². The van der Waals surface area contributed by atoms with Gasteiger partial charge in [-0.3, -0.25) is 9.78 Å². The van der Waals surface area contributed by atoms with E-state index >= 15 is 0 Å². The third kappa shape index (κ3) is 3.25. The number of likely N-dealkylation sites (tertiary alicyclic amines) is 1. The average Bonchev–Trinajstić information content (AvgIpc) is 2.70. The third-order valence-corrected chi connectivity index (χ3v) is 4.81. The zero-order valence-corrected chi connectivity index (χ0v) is 14.3. The first-order valence-corrected chi connectivity index (χ1v) is 8.74. The van der Waals surface area contributed by atoms with E-state index in [1.165, 1.54) is 0 Å². The van der Waals surface area contributed by atoms with Crippen LogP contribution in [0.2, 0.25) is 0 Å². The van der Waals surface area contributed by atoms with E-state index in [4.69, 9.17) is 4.74 Å². The molecule has 0 unspecified atom stereocenters. The largest absolute Gasteiger partial charge is 0.490 e. The lowest BCUT2D eigenvalue weighted by atomic mass is 10.0. The Morgan fingerprint density at radius 1 is 1.08 bits per heavy atom. The molecule has 0 aliphatic carbocycles. The van der Waals surface area contributed by atoms with Crippen LogP contribution in [0.1, 0.15) is 12.8 Å². The molecule has 1 aliphatic heterocycles. The second-order valence-corrected chi connectivity index (χ2v) is 6.49. The zero-order chi connectivity index (χ0) is 17.9. The SMILES string of the molecule is O=CN1CCC(Oc2ccc(-c3ccc4cccnc4c3F)cc2)CC1.